The lowest BCUT2D eigenvalue weighted by molar-refractivity contribution is -0.384. The van der Waals surface area contributed by atoms with Gasteiger partial charge in [-0.05, 0) is 12.2 Å². The summed E-state index contributed by atoms with van der Waals surface area (Å²) < 4.78 is 5.33. The molecule has 0 radical (unpaired) electrons. The highest BCUT2D eigenvalue weighted by Gasteiger charge is 2.20. The van der Waals surface area contributed by atoms with Crippen LogP contribution in [0, 0.1) is 10.1 Å². The summed E-state index contributed by atoms with van der Waals surface area (Å²) in [6.07, 6.45) is 4.65. The number of benzene rings is 1. The minimum atomic E-state index is -0.876. The Hall–Kier alpha value is -2.92. The van der Waals surface area contributed by atoms with Crippen LogP contribution < -0.4 is 16.9 Å². The van der Waals surface area contributed by atoms with Crippen molar-refractivity contribution in [1.82, 2.24) is 14.9 Å². The van der Waals surface area contributed by atoms with Crippen LogP contribution in [0.4, 0.5) is 5.69 Å². The molecule has 2 aromatic rings. The van der Waals surface area contributed by atoms with E-state index >= 15 is 0 Å². The van der Waals surface area contributed by atoms with Gasteiger partial charge in [-0.1, -0.05) is 0 Å². The first-order chi connectivity index (χ1) is 11.9. The molecule has 1 aromatic heterocycles. The number of aromatic amines is 2. The van der Waals surface area contributed by atoms with Crippen LogP contribution in [0.15, 0.2) is 45.8 Å². The normalized spacial score (nSPS) is 16.3. The summed E-state index contributed by atoms with van der Waals surface area (Å²) in [4.78, 5) is 40.3. The van der Waals surface area contributed by atoms with Crippen molar-refractivity contribution < 1.29 is 9.66 Å². The fraction of sp³-hybridized carbons (Fsp3) is 0.200. The Labute approximate surface area is 156 Å². The minimum Gasteiger partial charge on any atom is -0.398 e. The Morgan fingerprint density at radius 2 is 2.00 bits per heavy atom. The van der Waals surface area contributed by atoms with Crippen molar-refractivity contribution in [2.24, 2.45) is 5.73 Å². The second kappa shape index (κ2) is 7.54. The highest BCUT2D eigenvalue weighted by atomic mass is 79.9. The zero-order valence-electron chi connectivity index (χ0n) is 13.6. The van der Waals surface area contributed by atoms with E-state index in [1.54, 1.807) is 23.3 Å². The van der Waals surface area contributed by atoms with Gasteiger partial charge in [0.25, 0.3) is 5.69 Å². The number of aromatic nitrogens is 2. The van der Waals surface area contributed by atoms with Gasteiger partial charge in [-0.15, -0.1) is 17.0 Å². The number of non-ortho nitro benzene ring substituents is 1. The third-order valence-electron chi connectivity index (χ3n) is 3.80. The Morgan fingerprint density at radius 3 is 2.65 bits per heavy atom. The fourth-order valence-corrected chi connectivity index (χ4v) is 2.67. The van der Waals surface area contributed by atoms with Gasteiger partial charge in [-0.2, -0.15) is 0 Å². The monoisotopic (exact) mass is 425 g/mol. The Morgan fingerprint density at radius 1 is 1.31 bits per heavy atom. The zero-order valence-corrected chi connectivity index (χ0v) is 15.3. The van der Waals surface area contributed by atoms with Crippen LogP contribution in [0.3, 0.4) is 0 Å². The van der Waals surface area contributed by atoms with E-state index in [0.29, 0.717) is 16.8 Å². The largest absolute Gasteiger partial charge is 0.398 e. The second-order valence-electron chi connectivity index (χ2n) is 5.48. The number of nitro benzene ring substituents is 1. The molecule has 1 unspecified atom stereocenters. The summed E-state index contributed by atoms with van der Waals surface area (Å²) in [6.45, 7) is 0.170. The first kappa shape index (κ1) is 19.4. The Kier molecular flexibility index (Phi) is 5.63. The number of hydrogen-bond donors (Lipinski definition) is 3. The van der Waals surface area contributed by atoms with Crippen molar-refractivity contribution in [2.45, 2.75) is 12.8 Å². The number of nitrogens with two attached hydrogens (primary N) is 1. The number of allylic oxidation sites excluding steroid dienone is 1. The summed E-state index contributed by atoms with van der Waals surface area (Å²) in [5.74, 6) is 0. The van der Waals surface area contributed by atoms with E-state index in [1.807, 2.05) is 0 Å². The van der Waals surface area contributed by atoms with E-state index in [2.05, 4.69) is 9.97 Å². The van der Waals surface area contributed by atoms with Gasteiger partial charge in [0.1, 0.15) is 6.23 Å². The molecule has 138 valence electrons. The molecule has 1 aliphatic rings. The molecule has 26 heavy (non-hydrogen) atoms. The maximum Gasteiger partial charge on any atom is 0.314 e. The molecular formula is C15H16BrN5O5. The van der Waals surface area contributed by atoms with E-state index in [-0.39, 0.29) is 34.7 Å². The van der Waals surface area contributed by atoms with Crippen LogP contribution in [-0.4, -0.2) is 33.1 Å². The maximum absolute atomic E-state index is 11.7. The molecule has 0 aliphatic carbocycles. The van der Waals surface area contributed by atoms with E-state index in [9.17, 15) is 19.7 Å². The molecular weight excluding hydrogens is 410 g/mol. The van der Waals surface area contributed by atoms with E-state index in [4.69, 9.17) is 10.5 Å². The molecule has 1 aliphatic heterocycles. The zero-order chi connectivity index (χ0) is 18.1. The van der Waals surface area contributed by atoms with Crippen LogP contribution >= 0.6 is 17.0 Å². The second-order valence-corrected chi connectivity index (χ2v) is 5.48. The fourth-order valence-electron chi connectivity index (χ4n) is 2.67. The summed E-state index contributed by atoms with van der Waals surface area (Å²) in [7, 11) is 1.52. The lowest BCUT2D eigenvalue weighted by Crippen LogP contribution is -2.34. The van der Waals surface area contributed by atoms with Crippen molar-refractivity contribution in [3.05, 3.63) is 72.6 Å². The van der Waals surface area contributed by atoms with E-state index in [1.165, 1.54) is 19.2 Å². The number of nitrogens with zero attached hydrogens (tertiary/aromatic N) is 2. The third-order valence-corrected chi connectivity index (χ3v) is 3.80. The summed E-state index contributed by atoms with van der Waals surface area (Å²) in [6, 6.07) is 2.54. The molecule has 2 heterocycles. The van der Waals surface area contributed by atoms with Crippen molar-refractivity contribution in [1.29, 1.82) is 0 Å². The van der Waals surface area contributed by atoms with Crippen molar-refractivity contribution in [2.75, 3.05) is 7.11 Å². The van der Waals surface area contributed by atoms with Crippen molar-refractivity contribution in [3.8, 4) is 0 Å². The van der Waals surface area contributed by atoms with Gasteiger partial charge >= 0.3 is 11.1 Å². The van der Waals surface area contributed by atoms with Gasteiger partial charge in [0.05, 0.1) is 16.0 Å². The average Bonchev–Trinajstić information content (AvgIpc) is 2.56. The molecule has 1 aromatic carbocycles. The van der Waals surface area contributed by atoms with Crippen LogP contribution in [0.1, 0.15) is 5.56 Å². The molecule has 1 atom stereocenters. The van der Waals surface area contributed by atoms with Crippen LogP contribution in [-0.2, 0) is 11.3 Å². The van der Waals surface area contributed by atoms with Crippen LogP contribution in [0.25, 0.3) is 11.0 Å². The number of rotatable bonds is 4. The number of nitrogens with one attached hydrogen (secondary N) is 2. The predicted octanol–water partition coefficient (Wildman–Crippen LogP) is 0.847. The standard InChI is InChI=1S/C15H15N5O5.BrH/c1-25-12-3-2-9(16)7-19(12)6-8-4-10(20(23)24)5-11-13(8)18-15(22)14(21)17-11;/h2-5,7,12H,6,16H2,1H3,(H,17,21)(H,18,22);1H. The Balaban J connectivity index is 0.00000243. The number of hydrogen-bond acceptors (Lipinski definition) is 7. The maximum atomic E-state index is 11.7. The quantitative estimate of drug-likeness (QED) is 0.373. The molecule has 0 amide bonds. The van der Waals surface area contributed by atoms with Gasteiger partial charge in [-0.3, -0.25) is 19.7 Å². The van der Waals surface area contributed by atoms with Gasteiger partial charge in [0.2, 0.25) is 0 Å². The van der Waals surface area contributed by atoms with E-state index in [0.717, 1.165) is 0 Å². The molecule has 3 rings (SSSR count). The highest BCUT2D eigenvalue weighted by Crippen LogP contribution is 2.24. The number of ether oxygens (including phenoxy) is 1. The molecule has 11 heteroatoms. The van der Waals surface area contributed by atoms with Crippen molar-refractivity contribution in [3.63, 3.8) is 0 Å². The number of H-pyrrole nitrogens is 2. The predicted molar refractivity (Wildman–Crippen MR) is 99.9 cm³/mol. The summed E-state index contributed by atoms with van der Waals surface area (Å²) in [5.41, 5.74) is 5.30. The average molecular weight is 426 g/mol. The first-order valence-electron chi connectivity index (χ1n) is 7.26. The van der Waals surface area contributed by atoms with Gasteiger partial charge in [0.15, 0.2) is 0 Å². The molecule has 0 bridgehead atoms. The Bertz CT molecular complexity index is 1030. The topological polar surface area (TPSA) is 147 Å². The van der Waals surface area contributed by atoms with Crippen molar-refractivity contribution >= 4 is 33.7 Å². The molecule has 10 nitrogen and oxygen atoms in total. The van der Waals surface area contributed by atoms with Crippen LogP contribution in [0.5, 0.6) is 0 Å². The highest BCUT2D eigenvalue weighted by molar-refractivity contribution is 8.93. The van der Waals surface area contributed by atoms with Gasteiger partial charge < -0.3 is 25.3 Å². The van der Waals surface area contributed by atoms with Crippen LogP contribution in [0.2, 0.25) is 0 Å². The van der Waals surface area contributed by atoms with E-state index < -0.39 is 22.3 Å². The first-order valence-corrected chi connectivity index (χ1v) is 7.26. The molecule has 0 spiro atoms. The molecule has 4 N–H and O–H groups in total. The SMILES string of the molecule is Br.COC1C=CC(N)=CN1Cc1cc([N+](=O)[O-])cc2[nH]c(=O)c(=O)[nH]c12. The van der Waals surface area contributed by atoms with Gasteiger partial charge in [-0.25, -0.2) is 0 Å². The number of nitro groups is 1. The van der Waals surface area contributed by atoms with Gasteiger partial charge in [0, 0.05) is 43.2 Å². The third kappa shape index (κ3) is 3.68. The number of fused-ring (bicyclic) bond motifs is 1. The lowest BCUT2D eigenvalue weighted by Gasteiger charge is -2.30. The molecule has 0 saturated heterocycles. The summed E-state index contributed by atoms with van der Waals surface area (Å²) in [5, 5.41) is 11.2. The summed E-state index contributed by atoms with van der Waals surface area (Å²) >= 11 is 0. The lowest BCUT2D eigenvalue weighted by atomic mass is 10.1. The molecule has 0 fully saturated rings. The smallest absolute Gasteiger partial charge is 0.314 e. The number of methoxy groups -OCH3 is 1. The number of halogens is 1. The molecule has 0 saturated carbocycles. The minimum absolute atomic E-state index is 0.